The van der Waals surface area contributed by atoms with Crippen LogP contribution in [-0.2, 0) is 30.3 Å². The number of unbranched alkanes of at least 4 members (excludes halogenated alkanes) is 28. The number of hydrogen-bond donors (Lipinski definition) is 2. The first kappa shape index (κ1) is 54.6. The van der Waals surface area contributed by atoms with Crippen LogP contribution < -0.4 is 5.32 Å². The number of carbonyl (C=O) groups excluding carboxylic acids is 3. The molecule has 1 amide bonds. The van der Waals surface area contributed by atoms with Gasteiger partial charge in [-0.3, -0.25) is 14.4 Å². The third kappa shape index (κ3) is 34.9. The summed E-state index contributed by atoms with van der Waals surface area (Å²) in [5.41, 5.74) is 1.00. The summed E-state index contributed by atoms with van der Waals surface area (Å²) in [5.74, 6) is -0.637. The van der Waals surface area contributed by atoms with Crippen LogP contribution in [-0.4, -0.2) is 73.3 Å². The van der Waals surface area contributed by atoms with Crippen LogP contribution in [0.15, 0.2) is 30.3 Å². The van der Waals surface area contributed by atoms with Crippen LogP contribution >= 0.6 is 0 Å². The summed E-state index contributed by atoms with van der Waals surface area (Å²) in [6.45, 7) is 5.34. The van der Waals surface area contributed by atoms with Crippen LogP contribution in [0.1, 0.15) is 225 Å². The maximum atomic E-state index is 13.9. The molecule has 8 nitrogen and oxygen atoms in total. The largest absolute Gasteiger partial charge is 0.464 e. The molecular formula is C51H92N2O6. The molecule has 2 N–H and O–H groups in total. The molecular weight excluding hydrogens is 737 g/mol. The molecule has 0 aliphatic rings. The number of rotatable bonds is 44. The summed E-state index contributed by atoms with van der Waals surface area (Å²) in [4.78, 5) is 40.7. The minimum absolute atomic E-state index is 0.0909. The van der Waals surface area contributed by atoms with E-state index in [4.69, 9.17) is 9.47 Å². The molecule has 1 unspecified atom stereocenters. The van der Waals surface area contributed by atoms with Gasteiger partial charge in [-0.1, -0.05) is 224 Å². The predicted octanol–water partition coefficient (Wildman–Crippen LogP) is 12.6. The van der Waals surface area contributed by atoms with Gasteiger partial charge in [0.1, 0.15) is 13.2 Å². The predicted molar refractivity (Wildman–Crippen MR) is 247 cm³/mol. The Labute approximate surface area is 363 Å². The van der Waals surface area contributed by atoms with E-state index in [1.165, 1.54) is 154 Å². The van der Waals surface area contributed by atoms with Crippen LogP contribution in [0.3, 0.4) is 0 Å². The molecule has 342 valence electrons. The van der Waals surface area contributed by atoms with Gasteiger partial charge in [-0.15, -0.1) is 0 Å². The zero-order valence-corrected chi connectivity index (χ0v) is 38.5. The number of esters is 2. The Morgan fingerprint density at radius 2 is 0.864 bits per heavy atom. The van der Waals surface area contributed by atoms with E-state index in [2.05, 4.69) is 19.2 Å². The molecule has 0 aliphatic heterocycles. The van der Waals surface area contributed by atoms with Crippen LogP contribution in [0.25, 0.3) is 0 Å². The molecule has 1 aromatic rings. The summed E-state index contributed by atoms with van der Waals surface area (Å²) in [6, 6.07) is 9.20. The van der Waals surface area contributed by atoms with E-state index in [0.717, 1.165) is 44.1 Å². The van der Waals surface area contributed by atoms with E-state index in [9.17, 15) is 19.5 Å². The summed E-state index contributed by atoms with van der Waals surface area (Å²) >= 11 is 0. The van der Waals surface area contributed by atoms with Crippen molar-refractivity contribution in [2.75, 3.05) is 39.5 Å². The molecule has 1 aromatic carbocycles. The van der Waals surface area contributed by atoms with E-state index in [-0.39, 0.29) is 57.3 Å². The maximum Gasteiger partial charge on any atom is 0.305 e. The van der Waals surface area contributed by atoms with Crippen LogP contribution in [0.4, 0.5) is 0 Å². The van der Waals surface area contributed by atoms with Gasteiger partial charge in [-0.05, 0) is 24.8 Å². The minimum Gasteiger partial charge on any atom is -0.464 e. The zero-order chi connectivity index (χ0) is 42.7. The number of ether oxygens (including phenoxy) is 2. The van der Waals surface area contributed by atoms with Gasteiger partial charge in [0.25, 0.3) is 0 Å². The number of aliphatic hydroxyl groups is 1. The van der Waals surface area contributed by atoms with Crippen molar-refractivity contribution < 1.29 is 29.0 Å². The van der Waals surface area contributed by atoms with Crippen LogP contribution in [0.2, 0.25) is 0 Å². The van der Waals surface area contributed by atoms with E-state index in [1.807, 2.05) is 30.3 Å². The molecule has 0 saturated heterocycles. The van der Waals surface area contributed by atoms with E-state index < -0.39 is 6.04 Å². The fraction of sp³-hybridized carbons (Fsp3) is 0.824. The molecule has 0 saturated carbocycles. The van der Waals surface area contributed by atoms with E-state index >= 15 is 0 Å². The number of amides is 1. The highest BCUT2D eigenvalue weighted by Gasteiger charge is 2.25. The lowest BCUT2D eigenvalue weighted by atomic mass is 10.0. The average Bonchev–Trinajstić information content (AvgIpc) is 3.24. The van der Waals surface area contributed by atoms with Crippen LogP contribution in [0.5, 0.6) is 0 Å². The molecule has 0 radical (unpaired) electrons. The topological polar surface area (TPSA) is 105 Å². The molecule has 0 bridgehead atoms. The third-order valence-corrected chi connectivity index (χ3v) is 11.6. The molecule has 0 fully saturated rings. The second kappa shape index (κ2) is 42.2. The van der Waals surface area contributed by atoms with Crippen molar-refractivity contribution in [1.29, 1.82) is 0 Å². The highest BCUT2D eigenvalue weighted by Crippen LogP contribution is 2.16. The molecule has 59 heavy (non-hydrogen) atoms. The summed E-state index contributed by atoms with van der Waals surface area (Å²) in [6.07, 6.45) is 39.6. The number of aliphatic hydroxyl groups excluding tert-OH is 1. The van der Waals surface area contributed by atoms with Gasteiger partial charge in [0.15, 0.2) is 0 Å². The lowest BCUT2D eigenvalue weighted by Gasteiger charge is -2.28. The van der Waals surface area contributed by atoms with Gasteiger partial charge in [0.2, 0.25) is 5.91 Å². The lowest BCUT2D eigenvalue weighted by molar-refractivity contribution is -0.148. The number of nitrogens with one attached hydrogen (secondary N) is 1. The van der Waals surface area contributed by atoms with Crippen molar-refractivity contribution in [3.05, 3.63) is 35.9 Å². The molecule has 0 aromatic heterocycles. The average molecular weight is 829 g/mol. The van der Waals surface area contributed by atoms with Gasteiger partial charge >= 0.3 is 11.9 Å². The first-order valence-corrected chi connectivity index (χ1v) is 25.0. The van der Waals surface area contributed by atoms with Gasteiger partial charge < -0.3 is 24.8 Å². The molecule has 1 atom stereocenters. The van der Waals surface area contributed by atoms with E-state index in [1.54, 1.807) is 4.90 Å². The molecule has 0 spiro atoms. The number of benzene rings is 1. The second-order valence-corrected chi connectivity index (χ2v) is 17.1. The Hall–Kier alpha value is -2.45. The highest BCUT2D eigenvalue weighted by molar-refractivity contribution is 5.82. The highest BCUT2D eigenvalue weighted by atomic mass is 16.5. The molecule has 0 heterocycles. The first-order chi connectivity index (χ1) is 29.0. The van der Waals surface area contributed by atoms with Gasteiger partial charge in [-0.2, -0.15) is 0 Å². The fourth-order valence-electron chi connectivity index (χ4n) is 7.85. The van der Waals surface area contributed by atoms with Crippen molar-refractivity contribution in [2.45, 2.75) is 232 Å². The normalized spacial score (nSPS) is 11.8. The van der Waals surface area contributed by atoms with E-state index in [0.29, 0.717) is 19.3 Å². The third-order valence-electron chi connectivity index (χ3n) is 11.6. The maximum absolute atomic E-state index is 13.9. The summed E-state index contributed by atoms with van der Waals surface area (Å²) in [5, 5.41) is 12.7. The van der Waals surface area contributed by atoms with Crippen molar-refractivity contribution in [1.82, 2.24) is 10.2 Å². The molecule has 0 aliphatic carbocycles. The van der Waals surface area contributed by atoms with Crippen molar-refractivity contribution in [2.24, 2.45) is 0 Å². The molecule has 8 heteroatoms. The Morgan fingerprint density at radius 1 is 0.525 bits per heavy atom. The standard InChI is InChI=1S/C51H92N2O6/c1-3-5-7-9-11-13-15-17-19-21-23-25-27-29-34-38-49(55)58-44-41-53(51(57)48(52-40-43-54)46-47-36-32-31-33-37-47)42-45-59-50(56)39-35-30-28-26-24-22-20-18-16-14-12-10-8-6-4-2/h31-33,36-37,48,52,54H,3-30,34-35,38-46H2,1-2H3. The van der Waals surface area contributed by atoms with Crippen molar-refractivity contribution >= 4 is 17.8 Å². The van der Waals surface area contributed by atoms with Gasteiger partial charge in [-0.25, -0.2) is 0 Å². The Balaban J connectivity index is 2.35. The van der Waals surface area contributed by atoms with Gasteiger partial charge in [0, 0.05) is 19.4 Å². The smallest absolute Gasteiger partial charge is 0.305 e. The van der Waals surface area contributed by atoms with Gasteiger partial charge in [0.05, 0.1) is 25.7 Å². The number of hydrogen-bond acceptors (Lipinski definition) is 7. The monoisotopic (exact) mass is 829 g/mol. The SMILES string of the molecule is CCCCCCCCCCCCCCCCCC(=O)OCCN(CCOC(=O)CCCCCCCCCCCCCCCCC)C(=O)C(Cc1ccccc1)NCCO. The Kier molecular flexibility index (Phi) is 39.1. The second-order valence-electron chi connectivity index (χ2n) is 17.1. The minimum atomic E-state index is -0.573. The Bertz CT molecular complexity index is 1030. The molecule has 1 rings (SSSR count). The lowest BCUT2D eigenvalue weighted by Crippen LogP contribution is -2.50. The number of carbonyl (C=O) groups is 3. The summed E-state index contributed by atoms with van der Waals surface area (Å²) < 4.78 is 11.2. The Morgan fingerprint density at radius 3 is 1.20 bits per heavy atom. The van der Waals surface area contributed by atoms with Crippen LogP contribution in [0, 0.1) is 0 Å². The number of nitrogens with zero attached hydrogens (tertiary/aromatic N) is 1. The first-order valence-electron chi connectivity index (χ1n) is 25.0. The zero-order valence-electron chi connectivity index (χ0n) is 38.5. The quantitative estimate of drug-likeness (QED) is 0.0498. The fourth-order valence-corrected chi connectivity index (χ4v) is 7.85. The summed E-state index contributed by atoms with van der Waals surface area (Å²) in [7, 11) is 0. The van der Waals surface area contributed by atoms with Crippen molar-refractivity contribution in [3.63, 3.8) is 0 Å². The van der Waals surface area contributed by atoms with Crippen molar-refractivity contribution in [3.8, 4) is 0 Å².